The molecule has 0 aliphatic heterocycles. The quantitative estimate of drug-likeness (QED) is 0.581. The molecule has 0 atom stereocenters. The van der Waals surface area contributed by atoms with E-state index in [0.29, 0.717) is 11.7 Å². The van der Waals surface area contributed by atoms with Gasteiger partial charge in [0.15, 0.2) is 0 Å². The molecule has 0 amide bonds. The van der Waals surface area contributed by atoms with Gasteiger partial charge in [-0.25, -0.2) is 15.0 Å². The van der Waals surface area contributed by atoms with Gasteiger partial charge in [0.25, 0.3) is 0 Å². The highest BCUT2D eigenvalue weighted by atomic mass is 16.5. The molecule has 5 nitrogen and oxygen atoms in total. The molecular formula is C18H14N4O. The Morgan fingerprint density at radius 3 is 2.17 bits per heavy atom. The third-order valence-electron chi connectivity index (χ3n) is 3.69. The monoisotopic (exact) mass is 302 g/mol. The van der Waals surface area contributed by atoms with Crippen LogP contribution in [-0.2, 0) is 0 Å². The second-order valence-electron chi connectivity index (χ2n) is 5.09. The summed E-state index contributed by atoms with van der Waals surface area (Å²) in [5.74, 6) is 1.20. The Kier molecular flexibility index (Phi) is 3.24. The summed E-state index contributed by atoms with van der Waals surface area (Å²) in [5, 5.41) is 5.48. The summed E-state index contributed by atoms with van der Waals surface area (Å²) in [5.41, 5.74) is 2.86. The van der Waals surface area contributed by atoms with Crippen LogP contribution in [0.3, 0.4) is 0 Å². The van der Waals surface area contributed by atoms with E-state index >= 15 is 0 Å². The van der Waals surface area contributed by atoms with Crippen LogP contribution < -0.4 is 10.1 Å². The molecule has 0 fully saturated rings. The van der Waals surface area contributed by atoms with Crippen LogP contribution in [0.15, 0.2) is 60.9 Å². The van der Waals surface area contributed by atoms with Gasteiger partial charge in [-0.2, -0.15) is 0 Å². The van der Waals surface area contributed by atoms with Crippen LogP contribution >= 0.6 is 0 Å². The minimum atomic E-state index is 0.519. The Bertz CT molecular complexity index is 946. The van der Waals surface area contributed by atoms with E-state index < -0.39 is 0 Å². The molecule has 23 heavy (non-hydrogen) atoms. The number of rotatable bonds is 3. The Labute approximate surface area is 133 Å². The highest BCUT2D eigenvalue weighted by Gasteiger charge is 2.09. The Morgan fingerprint density at radius 1 is 0.870 bits per heavy atom. The third-order valence-corrected chi connectivity index (χ3v) is 3.69. The molecule has 2 aromatic carbocycles. The predicted octanol–water partition coefficient (Wildman–Crippen LogP) is 3.93. The number of pyridine rings is 1. The van der Waals surface area contributed by atoms with Gasteiger partial charge >= 0.3 is 0 Å². The maximum atomic E-state index is 5.16. The van der Waals surface area contributed by atoms with Crippen molar-refractivity contribution in [1.29, 1.82) is 0 Å². The molecule has 4 rings (SSSR count). The zero-order valence-corrected chi connectivity index (χ0v) is 12.5. The molecule has 4 aromatic rings. The number of hydrogen-bond acceptors (Lipinski definition) is 5. The SMILES string of the molecule is COc1cc(Nc2c3ccccc3nc3ccccc23)ncn1. The lowest BCUT2D eigenvalue weighted by Crippen LogP contribution is -1.98. The number of nitrogens with zero attached hydrogens (tertiary/aromatic N) is 3. The fourth-order valence-corrected chi connectivity index (χ4v) is 2.62. The Hall–Kier alpha value is -3.21. The lowest BCUT2D eigenvalue weighted by atomic mass is 10.1. The summed E-state index contributed by atoms with van der Waals surface area (Å²) in [6.45, 7) is 0. The lowest BCUT2D eigenvalue weighted by Gasteiger charge is -2.12. The summed E-state index contributed by atoms with van der Waals surface area (Å²) >= 11 is 0. The van der Waals surface area contributed by atoms with Gasteiger partial charge < -0.3 is 10.1 Å². The molecule has 2 heterocycles. The molecule has 0 aliphatic carbocycles. The zero-order valence-electron chi connectivity index (χ0n) is 12.5. The minimum absolute atomic E-state index is 0.519. The molecule has 0 radical (unpaired) electrons. The number of para-hydroxylation sites is 2. The summed E-state index contributed by atoms with van der Waals surface area (Å²) in [6, 6.07) is 17.9. The average molecular weight is 302 g/mol. The van der Waals surface area contributed by atoms with Crippen LogP contribution in [0.5, 0.6) is 5.88 Å². The molecule has 112 valence electrons. The van der Waals surface area contributed by atoms with Crippen molar-refractivity contribution in [3.63, 3.8) is 0 Å². The molecule has 0 saturated carbocycles. The van der Waals surface area contributed by atoms with E-state index in [9.17, 15) is 0 Å². The average Bonchev–Trinajstić information content (AvgIpc) is 2.61. The second kappa shape index (κ2) is 5.53. The maximum absolute atomic E-state index is 5.16. The summed E-state index contributed by atoms with van der Waals surface area (Å²) in [7, 11) is 1.59. The van der Waals surface area contributed by atoms with Crippen LogP contribution in [0.2, 0.25) is 0 Å². The molecule has 1 N–H and O–H groups in total. The van der Waals surface area contributed by atoms with Gasteiger partial charge in [0.1, 0.15) is 12.1 Å². The summed E-state index contributed by atoms with van der Waals surface area (Å²) in [4.78, 5) is 13.0. The molecule has 0 unspecified atom stereocenters. The number of benzene rings is 2. The standard InChI is InChI=1S/C18H14N4O/c1-23-17-10-16(19-11-20-17)22-18-12-6-2-4-8-14(12)21-15-9-5-3-7-13(15)18/h2-11H,1H3,(H,19,20,21,22). The van der Waals surface area contributed by atoms with Crippen molar-refractivity contribution in [1.82, 2.24) is 15.0 Å². The third kappa shape index (κ3) is 2.42. The Morgan fingerprint density at radius 2 is 1.52 bits per heavy atom. The van der Waals surface area contributed by atoms with Crippen molar-refractivity contribution in [2.75, 3.05) is 12.4 Å². The van der Waals surface area contributed by atoms with Crippen LogP contribution in [0.4, 0.5) is 11.5 Å². The normalized spacial score (nSPS) is 10.8. The van der Waals surface area contributed by atoms with Crippen molar-refractivity contribution in [3.8, 4) is 5.88 Å². The zero-order chi connectivity index (χ0) is 15.6. The first-order chi connectivity index (χ1) is 11.3. The van der Waals surface area contributed by atoms with E-state index in [2.05, 4.69) is 27.4 Å². The highest BCUT2D eigenvalue weighted by Crippen LogP contribution is 2.32. The topological polar surface area (TPSA) is 59.9 Å². The van der Waals surface area contributed by atoms with Crippen LogP contribution in [0, 0.1) is 0 Å². The number of ether oxygens (including phenoxy) is 1. The number of nitrogens with one attached hydrogen (secondary N) is 1. The van der Waals surface area contributed by atoms with Gasteiger partial charge in [-0.05, 0) is 12.1 Å². The minimum Gasteiger partial charge on any atom is -0.481 e. The van der Waals surface area contributed by atoms with Crippen molar-refractivity contribution in [2.45, 2.75) is 0 Å². The van der Waals surface area contributed by atoms with E-state index in [1.807, 2.05) is 36.4 Å². The van der Waals surface area contributed by atoms with Crippen LogP contribution in [-0.4, -0.2) is 22.1 Å². The van der Waals surface area contributed by atoms with E-state index in [1.165, 1.54) is 6.33 Å². The van der Waals surface area contributed by atoms with E-state index in [1.54, 1.807) is 13.2 Å². The lowest BCUT2D eigenvalue weighted by molar-refractivity contribution is 0.397. The maximum Gasteiger partial charge on any atom is 0.218 e. The van der Waals surface area contributed by atoms with Gasteiger partial charge in [-0.1, -0.05) is 36.4 Å². The molecule has 0 spiro atoms. The van der Waals surface area contributed by atoms with Crippen LogP contribution in [0.25, 0.3) is 21.8 Å². The van der Waals surface area contributed by atoms with Gasteiger partial charge in [0.2, 0.25) is 5.88 Å². The first-order valence-corrected chi connectivity index (χ1v) is 7.26. The van der Waals surface area contributed by atoms with Crippen molar-refractivity contribution in [2.24, 2.45) is 0 Å². The number of aromatic nitrogens is 3. The van der Waals surface area contributed by atoms with Gasteiger partial charge in [0.05, 0.1) is 23.8 Å². The number of methoxy groups -OCH3 is 1. The molecule has 5 heteroatoms. The van der Waals surface area contributed by atoms with Gasteiger partial charge in [-0.15, -0.1) is 0 Å². The fourth-order valence-electron chi connectivity index (χ4n) is 2.62. The van der Waals surface area contributed by atoms with Crippen LogP contribution in [0.1, 0.15) is 0 Å². The summed E-state index contributed by atoms with van der Waals surface area (Å²) in [6.07, 6.45) is 1.48. The largest absolute Gasteiger partial charge is 0.481 e. The van der Waals surface area contributed by atoms with Crippen molar-refractivity contribution in [3.05, 3.63) is 60.9 Å². The summed E-state index contributed by atoms with van der Waals surface area (Å²) < 4.78 is 5.16. The smallest absolute Gasteiger partial charge is 0.218 e. The van der Waals surface area contributed by atoms with Crippen molar-refractivity contribution >= 4 is 33.3 Å². The first kappa shape index (κ1) is 13.5. The van der Waals surface area contributed by atoms with E-state index in [4.69, 9.17) is 9.72 Å². The number of anilines is 2. The fraction of sp³-hybridized carbons (Fsp3) is 0.0556. The van der Waals surface area contributed by atoms with Crippen molar-refractivity contribution < 1.29 is 4.74 Å². The molecular weight excluding hydrogens is 288 g/mol. The molecule has 2 aromatic heterocycles. The molecule has 0 bridgehead atoms. The highest BCUT2D eigenvalue weighted by molar-refractivity contribution is 6.08. The van der Waals surface area contributed by atoms with Gasteiger partial charge in [-0.3, -0.25) is 0 Å². The predicted molar refractivity (Wildman–Crippen MR) is 91.1 cm³/mol. The first-order valence-electron chi connectivity index (χ1n) is 7.26. The molecule has 0 saturated heterocycles. The second-order valence-corrected chi connectivity index (χ2v) is 5.09. The number of fused-ring (bicyclic) bond motifs is 2. The van der Waals surface area contributed by atoms with Gasteiger partial charge in [0, 0.05) is 16.8 Å². The number of hydrogen-bond donors (Lipinski definition) is 1. The van der Waals surface area contributed by atoms with E-state index in [-0.39, 0.29) is 0 Å². The Balaban J connectivity index is 1.95. The molecule has 0 aliphatic rings. The van der Waals surface area contributed by atoms with E-state index in [0.717, 1.165) is 27.5 Å².